The first-order chi connectivity index (χ1) is 5.43. The summed E-state index contributed by atoms with van der Waals surface area (Å²) >= 11 is 0. The van der Waals surface area contributed by atoms with Crippen LogP contribution >= 0.6 is 0 Å². The lowest BCUT2D eigenvalue weighted by molar-refractivity contribution is 0.0599. The average Bonchev–Trinajstić information content (AvgIpc) is 2.07. The van der Waals surface area contributed by atoms with Crippen molar-refractivity contribution in [3.8, 4) is 0 Å². The number of rotatable bonds is 4. The summed E-state index contributed by atoms with van der Waals surface area (Å²) in [6.45, 7) is 3.07. The van der Waals surface area contributed by atoms with E-state index in [4.69, 9.17) is 4.74 Å². The van der Waals surface area contributed by atoms with E-state index in [1.165, 1.54) is 25.7 Å². The third kappa shape index (κ3) is 3.57. The van der Waals surface area contributed by atoms with E-state index in [-0.39, 0.29) is 0 Å². The van der Waals surface area contributed by atoms with Gasteiger partial charge < -0.3 is 4.74 Å². The Morgan fingerprint density at radius 3 is 2.91 bits per heavy atom. The molecule has 1 heterocycles. The van der Waals surface area contributed by atoms with Gasteiger partial charge in [-0.05, 0) is 12.8 Å². The predicted octanol–water partition coefficient (Wildman–Crippen LogP) is 2.91. The first-order valence-electron chi connectivity index (χ1n) is 4.70. The molecule has 0 fully saturated rings. The molecular formula is C10H18O. The van der Waals surface area contributed by atoms with Crippen LogP contribution in [0.3, 0.4) is 0 Å². The van der Waals surface area contributed by atoms with Crippen LogP contribution in [0.2, 0.25) is 0 Å². The highest BCUT2D eigenvalue weighted by molar-refractivity contribution is 4.88. The van der Waals surface area contributed by atoms with E-state index in [9.17, 15) is 0 Å². The van der Waals surface area contributed by atoms with Crippen LogP contribution < -0.4 is 0 Å². The topological polar surface area (TPSA) is 9.23 Å². The maximum atomic E-state index is 5.54. The van der Waals surface area contributed by atoms with Gasteiger partial charge in [-0.25, -0.2) is 0 Å². The van der Waals surface area contributed by atoms with E-state index in [1.807, 2.05) is 0 Å². The van der Waals surface area contributed by atoms with Crippen LogP contribution in [0.1, 0.15) is 39.0 Å². The summed E-state index contributed by atoms with van der Waals surface area (Å²) in [7, 11) is 0. The Balaban J connectivity index is 2.02. The van der Waals surface area contributed by atoms with Gasteiger partial charge in [0.15, 0.2) is 0 Å². The Bertz CT molecular complexity index is 118. The molecule has 0 radical (unpaired) electrons. The zero-order chi connectivity index (χ0) is 7.94. The normalized spacial score (nSPS) is 23.9. The first-order valence-corrected chi connectivity index (χ1v) is 4.70. The van der Waals surface area contributed by atoms with Crippen LogP contribution in [0.15, 0.2) is 12.2 Å². The van der Waals surface area contributed by atoms with Crippen molar-refractivity contribution in [3.05, 3.63) is 12.2 Å². The van der Waals surface area contributed by atoms with Gasteiger partial charge in [-0.2, -0.15) is 0 Å². The van der Waals surface area contributed by atoms with Gasteiger partial charge >= 0.3 is 0 Å². The summed E-state index contributed by atoms with van der Waals surface area (Å²) < 4.78 is 5.54. The van der Waals surface area contributed by atoms with Crippen LogP contribution in [-0.2, 0) is 4.74 Å². The van der Waals surface area contributed by atoms with Crippen LogP contribution in [-0.4, -0.2) is 12.7 Å². The Morgan fingerprint density at radius 1 is 1.36 bits per heavy atom. The highest BCUT2D eigenvalue weighted by Crippen LogP contribution is 2.13. The van der Waals surface area contributed by atoms with Gasteiger partial charge in [0, 0.05) is 0 Å². The third-order valence-electron chi connectivity index (χ3n) is 2.12. The SMILES string of the molecule is CCCCCC1CC=CCO1. The number of unbranched alkanes of at least 4 members (excludes halogenated alkanes) is 2. The van der Waals surface area contributed by atoms with Crippen LogP contribution in [0, 0.1) is 0 Å². The third-order valence-corrected chi connectivity index (χ3v) is 2.12. The van der Waals surface area contributed by atoms with Gasteiger partial charge in [0.1, 0.15) is 0 Å². The lowest BCUT2D eigenvalue weighted by Crippen LogP contribution is -2.15. The molecule has 0 saturated carbocycles. The number of ether oxygens (including phenoxy) is 1. The van der Waals surface area contributed by atoms with Gasteiger partial charge in [0.2, 0.25) is 0 Å². The summed E-state index contributed by atoms with van der Waals surface area (Å²) in [4.78, 5) is 0. The second-order valence-corrected chi connectivity index (χ2v) is 3.16. The molecule has 1 atom stereocenters. The molecule has 1 nitrogen and oxygen atoms in total. The van der Waals surface area contributed by atoms with Gasteiger partial charge in [-0.1, -0.05) is 38.3 Å². The molecule has 0 bridgehead atoms. The minimum atomic E-state index is 0.520. The summed E-state index contributed by atoms with van der Waals surface area (Å²) in [5.74, 6) is 0. The molecule has 1 rings (SSSR count). The molecule has 1 heteroatoms. The second-order valence-electron chi connectivity index (χ2n) is 3.16. The van der Waals surface area contributed by atoms with E-state index in [1.54, 1.807) is 0 Å². The van der Waals surface area contributed by atoms with Crippen LogP contribution in [0.4, 0.5) is 0 Å². The molecule has 0 aromatic heterocycles. The highest BCUT2D eigenvalue weighted by atomic mass is 16.5. The zero-order valence-electron chi connectivity index (χ0n) is 7.38. The molecule has 0 aromatic rings. The molecule has 1 aliphatic rings. The standard InChI is InChI=1S/C10H18O/c1-2-3-4-7-10-8-5-6-9-11-10/h5-6,10H,2-4,7-9H2,1H3. The van der Waals surface area contributed by atoms with E-state index in [0.717, 1.165) is 13.0 Å². The smallest absolute Gasteiger partial charge is 0.0651 e. The largest absolute Gasteiger partial charge is 0.374 e. The number of hydrogen-bond acceptors (Lipinski definition) is 1. The summed E-state index contributed by atoms with van der Waals surface area (Å²) in [6.07, 6.45) is 11.2. The van der Waals surface area contributed by atoms with Crippen molar-refractivity contribution in [1.29, 1.82) is 0 Å². The Labute approximate surface area is 69.4 Å². The fourth-order valence-corrected chi connectivity index (χ4v) is 1.40. The Hall–Kier alpha value is -0.300. The summed E-state index contributed by atoms with van der Waals surface area (Å²) in [6, 6.07) is 0. The summed E-state index contributed by atoms with van der Waals surface area (Å²) in [5.41, 5.74) is 0. The maximum Gasteiger partial charge on any atom is 0.0651 e. The van der Waals surface area contributed by atoms with Crippen molar-refractivity contribution in [3.63, 3.8) is 0 Å². The minimum Gasteiger partial charge on any atom is -0.374 e. The molecular weight excluding hydrogens is 136 g/mol. The van der Waals surface area contributed by atoms with E-state index >= 15 is 0 Å². The molecule has 1 unspecified atom stereocenters. The van der Waals surface area contributed by atoms with Gasteiger partial charge in [-0.3, -0.25) is 0 Å². The van der Waals surface area contributed by atoms with E-state index in [0.29, 0.717) is 6.10 Å². The molecule has 0 aromatic carbocycles. The van der Waals surface area contributed by atoms with Crippen molar-refractivity contribution >= 4 is 0 Å². The Morgan fingerprint density at radius 2 is 2.27 bits per heavy atom. The zero-order valence-corrected chi connectivity index (χ0v) is 7.38. The Kier molecular flexibility index (Phi) is 4.29. The highest BCUT2D eigenvalue weighted by Gasteiger charge is 2.08. The molecule has 0 spiro atoms. The molecule has 0 N–H and O–H groups in total. The monoisotopic (exact) mass is 154 g/mol. The minimum absolute atomic E-state index is 0.520. The molecule has 11 heavy (non-hydrogen) atoms. The summed E-state index contributed by atoms with van der Waals surface area (Å²) in [5, 5.41) is 0. The van der Waals surface area contributed by atoms with Gasteiger partial charge in [-0.15, -0.1) is 0 Å². The fraction of sp³-hybridized carbons (Fsp3) is 0.800. The lowest BCUT2D eigenvalue weighted by atomic mass is 10.1. The molecule has 0 saturated heterocycles. The first kappa shape index (κ1) is 8.79. The van der Waals surface area contributed by atoms with Crippen molar-refractivity contribution in [1.82, 2.24) is 0 Å². The average molecular weight is 154 g/mol. The lowest BCUT2D eigenvalue weighted by Gasteiger charge is -2.18. The van der Waals surface area contributed by atoms with E-state index in [2.05, 4.69) is 19.1 Å². The van der Waals surface area contributed by atoms with Crippen LogP contribution in [0.25, 0.3) is 0 Å². The van der Waals surface area contributed by atoms with Crippen molar-refractivity contribution in [2.75, 3.05) is 6.61 Å². The maximum absolute atomic E-state index is 5.54. The van der Waals surface area contributed by atoms with Crippen molar-refractivity contribution < 1.29 is 4.74 Å². The van der Waals surface area contributed by atoms with Crippen molar-refractivity contribution in [2.45, 2.75) is 45.1 Å². The fourth-order valence-electron chi connectivity index (χ4n) is 1.40. The van der Waals surface area contributed by atoms with E-state index < -0.39 is 0 Å². The number of hydrogen-bond donors (Lipinski definition) is 0. The molecule has 64 valence electrons. The predicted molar refractivity (Wildman–Crippen MR) is 47.6 cm³/mol. The van der Waals surface area contributed by atoms with Crippen molar-refractivity contribution in [2.24, 2.45) is 0 Å². The quantitative estimate of drug-likeness (QED) is 0.447. The van der Waals surface area contributed by atoms with Gasteiger partial charge in [0.25, 0.3) is 0 Å². The molecule has 0 amide bonds. The van der Waals surface area contributed by atoms with Gasteiger partial charge in [0.05, 0.1) is 12.7 Å². The van der Waals surface area contributed by atoms with Crippen LogP contribution in [0.5, 0.6) is 0 Å². The second kappa shape index (κ2) is 5.36. The molecule has 0 aliphatic carbocycles. The molecule has 1 aliphatic heterocycles.